The van der Waals surface area contributed by atoms with Crippen molar-refractivity contribution in [3.05, 3.63) is 29.0 Å². The second-order valence-electron chi connectivity index (χ2n) is 2.71. The van der Waals surface area contributed by atoms with E-state index in [0.29, 0.717) is 5.56 Å². The van der Waals surface area contributed by atoms with Crippen LogP contribution in [0.4, 0.5) is 0 Å². The van der Waals surface area contributed by atoms with Crippen molar-refractivity contribution in [1.82, 2.24) is 4.98 Å². The van der Waals surface area contributed by atoms with Crippen molar-refractivity contribution >= 4 is 17.6 Å². The Morgan fingerprint density at radius 2 is 2.53 bits per heavy atom. The molecule has 0 aliphatic carbocycles. The van der Waals surface area contributed by atoms with Gasteiger partial charge in [0.15, 0.2) is 5.92 Å². The zero-order valence-electron chi connectivity index (χ0n) is 8.11. The molecule has 0 saturated heterocycles. The molecule has 1 atom stereocenters. The number of hydrogen-bond donors (Lipinski definition) is 0. The number of carbonyl (C=O) groups is 1. The fourth-order valence-corrected chi connectivity index (χ4v) is 1.32. The second kappa shape index (κ2) is 5.32. The van der Waals surface area contributed by atoms with E-state index in [4.69, 9.17) is 21.6 Å². The van der Waals surface area contributed by atoms with E-state index < -0.39 is 11.9 Å². The summed E-state index contributed by atoms with van der Waals surface area (Å²) in [6, 6.07) is 3.39. The largest absolute Gasteiger partial charge is 0.465 e. The van der Waals surface area contributed by atoms with Crippen LogP contribution in [-0.2, 0) is 9.53 Å². The molecule has 0 fully saturated rings. The van der Waals surface area contributed by atoms with Gasteiger partial charge in [0.25, 0.3) is 0 Å². The molecular formula is C10H9ClN2O2. The molecule has 0 aliphatic heterocycles. The molecule has 4 nitrogen and oxygen atoms in total. The minimum atomic E-state index is -0.986. The first-order chi connectivity index (χ1) is 7.20. The summed E-state index contributed by atoms with van der Waals surface area (Å²) in [5.41, 5.74) is 0.424. The number of nitriles is 1. The first kappa shape index (κ1) is 11.5. The smallest absolute Gasteiger partial charge is 0.327 e. The standard InChI is InChI=1S/C10H9ClN2O2/c1-2-15-10(14)8(5-12)7-3-4-13-6-9(7)11/h3-4,6,8H,2H2,1H3. The molecule has 78 valence electrons. The van der Waals surface area contributed by atoms with E-state index in [-0.39, 0.29) is 11.6 Å². The molecule has 0 N–H and O–H groups in total. The molecule has 0 saturated carbocycles. The third kappa shape index (κ3) is 2.67. The van der Waals surface area contributed by atoms with Crippen molar-refractivity contribution in [1.29, 1.82) is 5.26 Å². The number of aromatic nitrogens is 1. The molecule has 0 aliphatic rings. The van der Waals surface area contributed by atoms with Gasteiger partial charge in [-0.2, -0.15) is 5.26 Å². The van der Waals surface area contributed by atoms with Crippen molar-refractivity contribution in [3.8, 4) is 6.07 Å². The summed E-state index contributed by atoms with van der Waals surface area (Å²) in [6.07, 6.45) is 2.87. The molecule has 0 spiro atoms. The molecule has 1 aromatic rings. The number of pyridine rings is 1. The summed E-state index contributed by atoms with van der Waals surface area (Å²) in [4.78, 5) is 15.2. The summed E-state index contributed by atoms with van der Waals surface area (Å²) >= 11 is 5.82. The summed E-state index contributed by atoms with van der Waals surface area (Å²) in [5.74, 6) is -1.58. The predicted octanol–water partition coefficient (Wildman–Crippen LogP) is 1.91. The maximum absolute atomic E-state index is 11.4. The van der Waals surface area contributed by atoms with Gasteiger partial charge in [0.1, 0.15) is 0 Å². The summed E-state index contributed by atoms with van der Waals surface area (Å²) in [7, 11) is 0. The van der Waals surface area contributed by atoms with Gasteiger partial charge in [-0.15, -0.1) is 0 Å². The molecule has 1 unspecified atom stereocenters. The number of halogens is 1. The maximum Gasteiger partial charge on any atom is 0.327 e. The van der Waals surface area contributed by atoms with Crippen LogP contribution in [0.2, 0.25) is 5.02 Å². The normalized spacial score (nSPS) is 11.5. The van der Waals surface area contributed by atoms with Crippen molar-refractivity contribution in [2.24, 2.45) is 0 Å². The minimum absolute atomic E-state index is 0.236. The molecular weight excluding hydrogens is 216 g/mol. The topological polar surface area (TPSA) is 63.0 Å². The van der Waals surface area contributed by atoms with Crippen LogP contribution in [0.1, 0.15) is 18.4 Å². The SMILES string of the molecule is CCOC(=O)C(C#N)c1ccncc1Cl. The lowest BCUT2D eigenvalue weighted by Crippen LogP contribution is -2.14. The predicted molar refractivity (Wildman–Crippen MR) is 54.2 cm³/mol. The second-order valence-corrected chi connectivity index (χ2v) is 3.12. The van der Waals surface area contributed by atoms with Gasteiger partial charge < -0.3 is 4.74 Å². The van der Waals surface area contributed by atoms with Crippen LogP contribution in [0, 0.1) is 11.3 Å². The van der Waals surface area contributed by atoms with E-state index in [1.807, 2.05) is 6.07 Å². The number of ether oxygens (including phenoxy) is 1. The fraction of sp³-hybridized carbons (Fsp3) is 0.300. The lowest BCUT2D eigenvalue weighted by molar-refractivity contribution is -0.143. The van der Waals surface area contributed by atoms with Crippen molar-refractivity contribution in [2.75, 3.05) is 6.61 Å². The molecule has 5 heteroatoms. The summed E-state index contributed by atoms with van der Waals surface area (Å²) in [5, 5.41) is 9.16. The number of rotatable bonds is 3. The molecule has 1 aromatic heterocycles. The highest BCUT2D eigenvalue weighted by molar-refractivity contribution is 6.31. The van der Waals surface area contributed by atoms with Crippen LogP contribution in [-0.4, -0.2) is 17.6 Å². The highest BCUT2D eigenvalue weighted by Gasteiger charge is 2.23. The van der Waals surface area contributed by atoms with Gasteiger partial charge in [0, 0.05) is 18.0 Å². The Balaban J connectivity index is 2.99. The van der Waals surface area contributed by atoms with Gasteiger partial charge in [-0.1, -0.05) is 11.6 Å². The van der Waals surface area contributed by atoms with Crippen LogP contribution in [0.5, 0.6) is 0 Å². The Morgan fingerprint density at radius 3 is 3.07 bits per heavy atom. The van der Waals surface area contributed by atoms with Crippen LogP contribution >= 0.6 is 11.6 Å². The van der Waals surface area contributed by atoms with Gasteiger partial charge in [0.2, 0.25) is 0 Å². The molecule has 15 heavy (non-hydrogen) atoms. The monoisotopic (exact) mass is 224 g/mol. The Hall–Kier alpha value is -1.60. The third-order valence-electron chi connectivity index (χ3n) is 1.77. The Labute approximate surface area is 92.4 Å². The molecule has 1 heterocycles. The van der Waals surface area contributed by atoms with Gasteiger partial charge in [-0.25, -0.2) is 0 Å². The molecule has 0 bridgehead atoms. The van der Waals surface area contributed by atoms with Gasteiger partial charge in [0.05, 0.1) is 17.7 Å². The quantitative estimate of drug-likeness (QED) is 0.736. The number of carbonyl (C=O) groups excluding carboxylic acids is 1. The first-order valence-electron chi connectivity index (χ1n) is 4.36. The highest BCUT2D eigenvalue weighted by atomic mass is 35.5. The van der Waals surface area contributed by atoms with E-state index in [1.54, 1.807) is 6.92 Å². The Bertz CT molecular complexity index is 401. The van der Waals surface area contributed by atoms with E-state index in [2.05, 4.69) is 4.98 Å². The number of hydrogen-bond acceptors (Lipinski definition) is 4. The third-order valence-corrected chi connectivity index (χ3v) is 2.08. The lowest BCUT2D eigenvalue weighted by Gasteiger charge is -2.09. The molecule has 1 rings (SSSR count). The van der Waals surface area contributed by atoms with Crippen molar-refractivity contribution < 1.29 is 9.53 Å². The van der Waals surface area contributed by atoms with Crippen molar-refractivity contribution in [2.45, 2.75) is 12.8 Å². The average Bonchev–Trinajstić information content (AvgIpc) is 2.22. The maximum atomic E-state index is 11.4. The zero-order valence-corrected chi connectivity index (χ0v) is 8.86. The average molecular weight is 225 g/mol. The van der Waals surface area contributed by atoms with Crippen LogP contribution in [0.25, 0.3) is 0 Å². The Morgan fingerprint density at radius 1 is 1.80 bits per heavy atom. The van der Waals surface area contributed by atoms with E-state index >= 15 is 0 Å². The Kier molecular flexibility index (Phi) is 4.07. The molecule has 0 radical (unpaired) electrons. The van der Waals surface area contributed by atoms with E-state index in [9.17, 15) is 4.79 Å². The van der Waals surface area contributed by atoms with Crippen LogP contribution in [0.3, 0.4) is 0 Å². The van der Waals surface area contributed by atoms with Crippen LogP contribution in [0.15, 0.2) is 18.5 Å². The van der Waals surface area contributed by atoms with Gasteiger partial charge in [-0.3, -0.25) is 9.78 Å². The molecule has 0 amide bonds. The van der Waals surface area contributed by atoms with E-state index in [0.717, 1.165) is 0 Å². The first-order valence-corrected chi connectivity index (χ1v) is 4.74. The number of nitrogens with zero attached hydrogens (tertiary/aromatic N) is 2. The van der Waals surface area contributed by atoms with Crippen LogP contribution < -0.4 is 0 Å². The lowest BCUT2D eigenvalue weighted by atomic mass is 10.0. The molecule has 0 aromatic carbocycles. The summed E-state index contributed by atoms with van der Waals surface area (Å²) in [6.45, 7) is 1.92. The minimum Gasteiger partial charge on any atom is -0.465 e. The fourth-order valence-electron chi connectivity index (χ4n) is 1.09. The van der Waals surface area contributed by atoms with Gasteiger partial charge >= 0.3 is 5.97 Å². The zero-order chi connectivity index (χ0) is 11.3. The highest BCUT2D eigenvalue weighted by Crippen LogP contribution is 2.23. The number of esters is 1. The van der Waals surface area contributed by atoms with Crippen molar-refractivity contribution in [3.63, 3.8) is 0 Å². The van der Waals surface area contributed by atoms with Gasteiger partial charge in [-0.05, 0) is 13.0 Å². The summed E-state index contributed by atoms with van der Waals surface area (Å²) < 4.78 is 4.76. The van der Waals surface area contributed by atoms with E-state index in [1.165, 1.54) is 18.5 Å².